The van der Waals surface area contributed by atoms with Crippen LogP contribution in [-0.4, -0.2) is 21.3 Å². The largest absolute Gasteiger partial charge is 0.270 e. The van der Waals surface area contributed by atoms with E-state index < -0.39 is 10.1 Å². The molecule has 0 heterocycles. The van der Waals surface area contributed by atoms with Gasteiger partial charge in [-0.05, 0) is 41.8 Å². The molecule has 8 heteroatoms. The van der Waals surface area contributed by atoms with Gasteiger partial charge in [0, 0.05) is 26.0 Å². The van der Waals surface area contributed by atoms with Crippen molar-refractivity contribution >= 4 is 56.5 Å². The van der Waals surface area contributed by atoms with Crippen LogP contribution in [0.2, 0.25) is 20.1 Å². The summed E-state index contributed by atoms with van der Waals surface area (Å²) >= 11 is 24.7. The van der Waals surface area contributed by atoms with Gasteiger partial charge in [-0.1, -0.05) is 58.5 Å². The summed E-state index contributed by atoms with van der Waals surface area (Å²) in [7, 11) is -3.60. The Morgan fingerprint density at radius 1 is 1.00 bits per heavy atom. The van der Waals surface area contributed by atoms with E-state index in [0.717, 1.165) is 11.8 Å². The average Bonchev–Trinajstić information content (AvgIpc) is 2.46. The van der Waals surface area contributed by atoms with E-state index in [9.17, 15) is 8.42 Å². The van der Waals surface area contributed by atoms with Crippen LogP contribution in [0.5, 0.6) is 0 Å². The highest BCUT2D eigenvalue weighted by Crippen LogP contribution is 2.35. The van der Waals surface area contributed by atoms with Crippen LogP contribution in [0, 0.1) is 0 Å². The Balaban J connectivity index is 2.39. The minimum absolute atomic E-state index is 0.0960. The van der Waals surface area contributed by atoms with E-state index in [-0.39, 0.29) is 12.5 Å². The van der Waals surface area contributed by atoms with Crippen molar-refractivity contribution in [3.63, 3.8) is 0 Å². The Bertz CT molecular complexity index is 817. The minimum Gasteiger partial charge on any atom is -0.270 e. The molecule has 130 valence electrons. The second kappa shape index (κ2) is 8.26. The molecule has 2 rings (SSSR count). The number of rotatable bonds is 6. The molecule has 3 nitrogen and oxygen atoms in total. The lowest BCUT2D eigenvalue weighted by Gasteiger charge is -2.20. The summed E-state index contributed by atoms with van der Waals surface area (Å²) in [6.45, 7) is -0.0960. The van der Waals surface area contributed by atoms with Gasteiger partial charge < -0.3 is 0 Å². The first-order valence-electron chi connectivity index (χ1n) is 6.89. The van der Waals surface area contributed by atoms with Gasteiger partial charge >= 0.3 is 0 Å². The summed E-state index contributed by atoms with van der Waals surface area (Å²) in [5.74, 6) is -0.389. The van der Waals surface area contributed by atoms with Crippen LogP contribution in [0.3, 0.4) is 0 Å². The second-order valence-electron chi connectivity index (χ2n) is 5.26. The molecule has 2 aromatic rings. The molecule has 0 unspecified atom stereocenters. The summed E-state index contributed by atoms with van der Waals surface area (Å²) in [6.07, 6.45) is 1.39. The summed E-state index contributed by atoms with van der Waals surface area (Å²) in [6, 6.07) is 10.2. The number of halogens is 4. The SMILES string of the molecule is CS(=O)(=O)OC[C@H](Cc1ccc(Cl)cc1Cl)c1c(Cl)cccc1Cl. The molecule has 0 aromatic heterocycles. The van der Waals surface area contributed by atoms with Crippen molar-refractivity contribution in [2.24, 2.45) is 0 Å². The maximum absolute atomic E-state index is 11.4. The van der Waals surface area contributed by atoms with E-state index in [1.54, 1.807) is 36.4 Å². The Morgan fingerprint density at radius 2 is 1.62 bits per heavy atom. The predicted octanol–water partition coefficient (Wildman–Crippen LogP) is 5.60. The molecule has 2 aromatic carbocycles. The van der Waals surface area contributed by atoms with Crippen LogP contribution in [0.4, 0.5) is 0 Å². The van der Waals surface area contributed by atoms with Crippen molar-refractivity contribution < 1.29 is 12.6 Å². The summed E-state index contributed by atoms with van der Waals surface area (Å²) in [4.78, 5) is 0. The smallest absolute Gasteiger partial charge is 0.264 e. The zero-order chi connectivity index (χ0) is 17.9. The summed E-state index contributed by atoms with van der Waals surface area (Å²) in [5, 5.41) is 1.88. The molecule has 0 saturated heterocycles. The molecular weight excluding hydrogens is 414 g/mol. The zero-order valence-corrected chi connectivity index (χ0v) is 16.4. The van der Waals surface area contributed by atoms with E-state index in [2.05, 4.69) is 0 Å². The predicted molar refractivity (Wildman–Crippen MR) is 100 cm³/mol. The van der Waals surface area contributed by atoms with Gasteiger partial charge in [0.05, 0.1) is 12.9 Å². The van der Waals surface area contributed by atoms with E-state index in [0.29, 0.717) is 32.1 Å². The standard InChI is InChI=1S/C16H14Cl4O3S/c1-24(21,22)23-9-11(16-13(18)3-2-4-14(16)19)7-10-5-6-12(17)8-15(10)20/h2-6,8,11H,7,9H2,1H3/t11-/m0/s1. The lowest BCUT2D eigenvalue weighted by molar-refractivity contribution is 0.293. The maximum Gasteiger partial charge on any atom is 0.264 e. The molecule has 1 atom stereocenters. The van der Waals surface area contributed by atoms with E-state index in [1.807, 2.05) is 0 Å². The molecule has 0 radical (unpaired) electrons. The van der Waals surface area contributed by atoms with Gasteiger partial charge in [0.25, 0.3) is 10.1 Å². The third-order valence-electron chi connectivity index (χ3n) is 3.37. The molecule has 0 bridgehead atoms. The van der Waals surface area contributed by atoms with E-state index in [4.69, 9.17) is 50.6 Å². The Kier molecular flexibility index (Phi) is 6.82. The third kappa shape index (κ3) is 5.51. The number of hydrogen-bond donors (Lipinski definition) is 0. The number of hydrogen-bond acceptors (Lipinski definition) is 3. The fourth-order valence-electron chi connectivity index (χ4n) is 2.30. The van der Waals surface area contributed by atoms with Gasteiger partial charge in [0.1, 0.15) is 0 Å². The van der Waals surface area contributed by atoms with Crippen molar-refractivity contribution in [1.82, 2.24) is 0 Å². The third-order valence-corrected chi connectivity index (χ3v) is 5.18. The van der Waals surface area contributed by atoms with Crippen LogP contribution in [0.15, 0.2) is 36.4 Å². The van der Waals surface area contributed by atoms with Crippen LogP contribution in [0.25, 0.3) is 0 Å². The van der Waals surface area contributed by atoms with Crippen LogP contribution >= 0.6 is 46.4 Å². The highest BCUT2D eigenvalue weighted by molar-refractivity contribution is 7.85. The van der Waals surface area contributed by atoms with E-state index in [1.165, 1.54) is 0 Å². The fourth-order valence-corrected chi connectivity index (χ4v) is 3.91. The first-order chi connectivity index (χ1) is 11.2. The molecule has 0 amide bonds. The van der Waals surface area contributed by atoms with Gasteiger partial charge in [-0.2, -0.15) is 8.42 Å². The molecule has 24 heavy (non-hydrogen) atoms. The molecule has 0 aliphatic heterocycles. The van der Waals surface area contributed by atoms with Crippen LogP contribution in [-0.2, 0) is 20.7 Å². The number of benzene rings is 2. The zero-order valence-electron chi connectivity index (χ0n) is 12.6. The first-order valence-corrected chi connectivity index (χ1v) is 10.2. The molecule has 0 spiro atoms. The van der Waals surface area contributed by atoms with Gasteiger partial charge in [0.15, 0.2) is 0 Å². The van der Waals surface area contributed by atoms with Crippen molar-refractivity contribution in [3.05, 3.63) is 67.6 Å². The monoisotopic (exact) mass is 426 g/mol. The highest BCUT2D eigenvalue weighted by Gasteiger charge is 2.22. The topological polar surface area (TPSA) is 43.4 Å². The quantitative estimate of drug-likeness (QED) is 0.563. The van der Waals surface area contributed by atoms with Gasteiger partial charge in [0.2, 0.25) is 0 Å². The normalized spacial score (nSPS) is 13.0. The van der Waals surface area contributed by atoms with Crippen molar-refractivity contribution in [1.29, 1.82) is 0 Å². The van der Waals surface area contributed by atoms with E-state index >= 15 is 0 Å². The summed E-state index contributed by atoms with van der Waals surface area (Å²) in [5.41, 5.74) is 1.41. The van der Waals surface area contributed by atoms with Crippen molar-refractivity contribution in [2.45, 2.75) is 12.3 Å². The Morgan fingerprint density at radius 3 is 2.17 bits per heavy atom. The highest BCUT2D eigenvalue weighted by atomic mass is 35.5. The fraction of sp³-hybridized carbons (Fsp3) is 0.250. The van der Waals surface area contributed by atoms with Crippen molar-refractivity contribution in [2.75, 3.05) is 12.9 Å². The second-order valence-corrected chi connectivity index (χ2v) is 8.56. The molecule has 0 aliphatic rings. The molecular formula is C16H14Cl4O3S. The van der Waals surface area contributed by atoms with Gasteiger partial charge in [-0.25, -0.2) is 0 Å². The minimum atomic E-state index is -3.60. The molecule has 0 aliphatic carbocycles. The van der Waals surface area contributed by atoms with Gasteiger partial charge in [-0.15, -0.1) is 0 Å². The van der Waals surface area contributed by atoms with Crippen LogP contribution in [0.1, 0.15) is 17.0 Å². The first kappa shape index (κ1) is 19.8. The summed E-state index contributed by atoms with van der Waals surface area (Å²) < 4.78 is 27.7. The van der Waals surface area contributed by atoms with Gasteiger partial charge in [-0.3, -0.25) is 4.18 Å². The lowest BCUT2D eigenvalue weighted by Crippen LogP contribution is -2.15. The molecule has 0 saturated carbocycles. The Hall–Kier alpha value is -0.490. The maximum atomic E-state index is 11.4. The molecule has 0 fully saturated rings. The average molecular weight is 428 g/mol. The molecule has 0 N–H and O–H groups in total. The Labute approximate surface area is 161 Å². The lowest BCUT2D eigenvalue weighted by atomic mass is 9.92. The van der Waals surface area contributed by atoms with Crippen LogP contribution < -0.4 is 0 Å². The van der Waals surface area contributed by atoms with Crippen molar-refractivity contribution in [3.8, 4) is 0 Å².